The van der Waals surface area contributed by atoms with E-state index in [-0.39, 0.29) is 18.9 Å². The first-order chi connectivity index (χ1) is 38.3. The zero-order chi connectivity index (χ0) is 57.6. The quantitative estimate of drug-likeness (QED) is 0.0294. The SMILES string of the molecule is CCCCCCCCCCCCCCCCCCCCCCCCCCCCCC(=O)NC(COC1OC(CO)C(OC2OC(CO)C(OC3OC(CO)C(O)C(O)C3O)C(O)C2O)C(O)C1O)C(O)CCCCCCCCC. The fourth-order valence-corrected chi connectivity index (χ4v) is 11.2. The maximum atomic E-state index is 13.3. The van der Waals surface area contributed by atoms with E-state index in [9.17, 15) is 61.0 Å². The highest BCUT2D eigenvalue weighted by Crippen LogP contribution is 2.33. The zero-order valence-corrected chi connectivity index (χ0v) is 48.9. The molecule has 0 aliphatic carbocycles. The predicted octanol–water partition coefficient (Wildman–Crippen LogP) is 6.38. The molecular weight excluding hydrogens is 1020 g/mol. The summed E-state index contributed by atoms with van der Waals surface area (Å²) in [5, 5.41) is 120. The van der Waals surface area contributed by atoms with Crippen molar-refractivity contribution >= 4 is 5.91 Å². The largest absolute Gasteiger partial charge is 0.394 e. The van der Waals surface area contributed by atoms with Crippen molar-refractivity contribution in [3.8, 4) is 0 Å². The molecule has 17 atom stereocenters. The number of carbonyl (C=O) groups is 1. The third-order valence-corrected chi connectivity index (χ3v) is 16.4. The summed E-state index contributed by atoms with van der Waals surface area (Å²) >= 11 is 0. The van der Waals surface area contributed by atoms with E-state index in [1.807, 2.05) is 0 Å². The fraction of sp³-hybridized carbons (Fsp3) is 0.983. The molecule has 0 radical (unpaired) electrons. The van der Waals surface area contributed by atoms with Gasteiger partial charge < -0.3 is 89.9 Å². The van der Waals surface area contributed by atoms with Gasteiger partial charge in [0.1, 0.15) is 73.2 Å². The first kappa shape index (κ1) is 72.1. The molecule has 3 heterocycles. The van der Waals surface area contributed by atoms with Crippen molar-refractivity contribution in [3.05, 3.63) is 0 Å². The number of nitrogens with one attached hydrogen (secondary N) is 1. The summed E-state index contributed by atoms with van der Waals surface area (Å²) in [6.45, 7) is 1.75. The Kier molecular flexibility index (Phi) is 40.4. The van der Waals surface area contributed by atoms with Crippen LogP contribution in [0.5, 0.6) is 0 Å². The van der Waals surface area contributed by atoms with Crippen LogP contribution in [0.4, 0.5) is 0 Å². The van der Waals surface area contributed by atoms with Crippen molar-refractivity contribution < 1.29 is 89.4 Å². The molecule has 3 fully saturated rings. The van der Waals surface area contributed by atoms with Crippen molar-refractivity contribution in [2.45, 2.75) is 349 Å². The molecule has 0 spiro atoms. The monoisotopic (exact) mass is 1140 g/mol. The van der Waals surface area contributed by atoms with Crippen LogP contribution >= 0.6 is 0 Å². The van der Waals surface area contributed by atoms with Gasteiger partial charge in [-0.1, -0.05) is 226 Å². The molecule has 468 valence electrons. The van der Waals surface area contributed by atoms with Crippen LogP contribution in [0.25, 0.3) is 0 Å². The number of rotatable bonds is 48. The topological polar surface area (TPSA) is 307 Å². The second-order valence-electron chi connectivity index (χ2n) is 23.2. The van der Waals surface area contributed by atoms with Gasteiger partial charge in [0.15, 0.2) is 18.9 Å². The van der Waals surface area contributed by atoms with Crippen LogP contribution in [0.2, 0.25) is 0 Å². The van der Waals surface area contributed by atoms with Crippen LogP contribution in [-0.4, -0.2) is 193 Å². The lowest BCUT2D eigenvalue weighted by atomic mass is 9.96. The molecule has 0 aromatic carbocycles. The number of amides is 1. The predicted molar refractivity (Wildman–Crippen MR) is 300 cm³/mol. The molecule has 0 saturated carbocycles. The molecule has 3 aliphatic heterocycles. The van der Waals surface area contributed by atoms with Gasteiger partial charge in [-0.05, 0) is 12.8 Å². The Balaban J connectivity index is 1.35. The van der Waals surface area contributed by atoms with Gasteiger partial charge in [0.25, 0.3) is 0 Å². The molecule has 0 aromatic rings. The van der Waals surface area contributed by atoms with Crippen molar-refractivity contribution in [2.24, 2.45) is 0 Å². The van der Waals surface area contributed by atoms with Crippen molar-refractivity contribution in [1.82, 2.24) is 5.32 Å². The van der Waals surface area contributed by atoms with Crippen LogP contribution in [0.1, 0.15) is 245 Å². The molecule has 19 heteroatoms. The molecular formula is C60H115NO18. The van der Waals surface area contributed by atoms with Crippen molar-refractivity contribution in [2.75, 3.05) is 26.4 Å². The highest BCUT2D eigenvalue weighted by atomic mass is 16.8. The van der Waals surface area contributed by atoms with E-state index in [1.165, 1.54) is 154 Å². The Bertz CT molecular complexity index is 1450. The Morgan fingerprint density at radius 1 is 0.405 bits per heavy atom. The minimum atomic E-state index is -1.97. The normalized spacial score (nSPS) is 30.2. The van der Waals surface area contributed by atoms with E-state index in [0.717, 1.165) is 57.8 Å². The first-order valence-electron chi connectivity index (χ1n) is 31.8. The van der Waals surface area contributed by atoms with Gasteiger partial charge in [-0.25, -0.2) is 0 Å². The molecule has 12 N–H and O–H groups in total. The minimum absolute atomic E-state index is 0.242. The van der Waals surface area contributed by atoms with E-state index < -0.39 is 124 Å². The van der Waals surface area contributed by atoms with Gasteiger partial charge in [-0.3, -0.25) is 4.79 Å². The second kappa shape index (κ2) is 44.3. The molecule has 79 heavy (non-hydrogen) atoms. The smallest absolute Gasteiger partial charge is 0.220 e. The zero-order valence-electron chi connectivity index (χ0n) is 48.9. The fourth-order valence-electron chi connectivity index (χ4n) is 11.2. The molecule has 1 amide bonds. The van der Waals surface area contributed by atoms with Crippen LogP contribution in [0.3, 0.4) is 0 Å². The molecule has 3 saturated heterocycles. The lowest BCUT2D eigenvalue weighted by Gasteiger charge is -2.48. The lowest BCUT2D eigenvalue weighted by Crippen LogP contribution is -2.66. The van der Waals surface area contributed by atoms with Gasteiger partial charge in [0, 0.05) is 6.42 Å². The minimum Gasteiger partial charge on any atom is -0.394 e. The van der Waals surface area contributed by atoms with Crippen molar-refractivity contribution in [3.63, 3.8) is 0 Å². The van der Waals surface area contributed by atoms with E-state index in [0.29, 0.717) is 12.8 Å². The third-order valence-electron chi connectivity index (χ3n) is 16.4. The average Bonchev–Trinajstić information content (AvgIpc) is 3.47. The van der Waals surface area contributed by atoms with Gasteiger partial charge >= 0.3 is 0 Å². The van der Waals surface area contributed by atoms with Crippen LogP contribution in [-0.2, 0) is 33.2 Å². The summed E-state index contributed by atoms with van der Waals surface area (Å²) in [6.07, 6.45) is 16.8. The standard InChI is InChI=1S/C60H115NO18/c1-3-5-7-9-11-12-13-14-15-16-17-18-19-20-21-22-23-24-25-26-27-28-29-30-32-34-36-38-48(66)61-43(44(65)37-35-33-31-10-8-6-4-2)42-74-58-54(72)51(69)56(46(40-63)76-58)79-60-55(73)52(70)57(47(41-64)77-60)78-59-53(71)50(68)49(67)45(39-62)75-59/h43-47,49-60,62-65,67-73H,3-42H2,1-2H3,(H,61,66). The van der Waals surface area contributed by atoms with E-state index in [4.69, 9.17) is 28.4 Å². The van der Waals surface area contributed by atoms with Gasteiger partial charge in [0.05, 0.1) is 38.6 Å². The maximum Gasteiger partial charge on any atom is 0.220 e. The summed E-state index contributed by atoms with van der Waals surface area (Å²) in [4.78, 5) is 13.3. The van der Waals surface area contributed by atoms with Crippen LogP contribution in [0.15, 0.2) is 0 Å². The van der Waals surface area contributed by atoms with Crippen LogP contribution in [0, 0.1) is 0 Å². The summed E-state index contributed by atoms with van der Waals surface area (Å²) in [7, 11) is 0. The first-order valence-corrected chi connectivity index (χ1v) is 31.8. The summed E-state index contributed by atoms with van der Waals surface area (Å²) in [5.41, 5.74) is 0. The van der Waals surface area contributed by atoms with E-state index in [1.54, 1.807) is 0 Å². The number of carbonyl (C=O) groups excluding carboxylic acids is 1. The van der Waals surface area contributed by atoms with Crippen molar-refractivity contribution in [1.29, 1.82) is 0 Å². The van der Waals surface area contributed by atoms with Gasteiger partial charge in [0.2, 0.25) is 5.91 Å². The Hall–Kier alpha value is -1.21. The summed E-state index contributed by atoms with van der Waals surface area (Å²) < 4.78 is 34.2. The number of unbranched alkanes of at least 4 members (excludes halogenated alkanes) is 32. The van der Waals surface area contributed by atoms with Crippen LogP contribution < -0.4 is 5.32 Å². The maximum absolute atomic E-state index is 13.3. The molecule has 0 bridgehead atoms. The molecule has 3 aliphatic rings. The van der Waals surface area contributed by atoms with Gasteiger partial charge in [-0.15, -0.1) is 0 Å². The molecule has 3 rings (SSSR count). The summed E-state index contributed by atoms with van der Waals surface area (Å²) in [6, 6.07) is -0.878. The lowest BCUT2D eigenvalue weighted by molar-refractivity contribution is -0.379. The molecule has 19 nitrogen and oxygen atoms in total. The highest BCUT2D eigenvalue weighted by molar-refractivity contribution is 5.76. The third kappa shape index (κ3) is 28.0. The number of ether oxygens (including phenoxy) is 6. The Morgan fingerprint density at radius 3 is 1.10 bits per heavy atom. The second-order valence-corrected chi connectivity index (χ2v) is 23.2. The Labute approximate surface area is 474 Å². The average molecular weight is 1140 g/mol. The van der Waals surface area contributed by atoms with E-state index >= 15 is 0 Å². The molecule has 17 unspecified atom stereocenters. The van der Waals surface area contributed by atoms with E-state index in [2.05, 4.69) is 19.2 Å². The number of aliphatic hydroxyl groups excluding tert-OH is 11. The highest BCUT2D eigenvalue weighted by Gasteiger charge is 2.53. The number of hydrogen-bond acceptors (Lipinski definition) is 18. The number of aliphatic hydroxyl groups is 11. The molecule has 0 aromatic heterocycles. The summed E-state index contributed by atoms with van der Waals surface area (Å²) in [5.74, 6) is -0.242. The number of hydrogen-bond donors (Lipinski definition) is 12. The van der Waals surface area contributed by atoms with Gasteiger partial charge in [-0.2, -0.15) is 0 Å². The Morgan fingerprint density at radius 2 is 0.722 bits per heavy atom.